The number of likely N-dealkylation sites (tertiary alicyclic amines) is 1. The highest BCUT2D eigenvalue weighted by Crippen LogP contribution is 2.37. The second-order valence-corrected chi connectivity index (χ2v) is 4.89. The topological polar surface area (TPSA) is 83.9 Å². The molecular formula is C12H17NO5. The van der Waals surface area contributed by atoms with Crippen molar-refractivity contribution >= 4 is 17.8 Å². The van der Waals surface area contributed by atoms with E-state index in [1.165, 1.54) is 4.90 Å². The quantitative estimate of drug-likeness (QED) is 0.459. The molecule has 2 atom stereocenters. The van der Waals surface area contributed by atoms with Crippen LogP contribution in [0.5, 0.6) is 0 Å². The van der Waals surface area contributed by atoms with Crippen LogP contribution in [0.1, 0.15) is 38.5 Å². The zero-order valence-corrected chi connectivity index (χ0v) is 10.1. The van der Waals surface area contributed by atoms with Crippen LogP contribution in [0, 0.1) is 11.8 Å². The van der Waals surface area contributed by atoms with Gasteiger partial charge < -0.3 is 4.89 Å². The maximum Gasteiger partial charge on any atom is 0.342 e. The Balaban J connectivity index is 1.90. The van der Waals surface area contributed by atoms with Gasteiger partial charge in [-0.15, -0.1) is 0 Å². The molecule has 0 aromatic rings. The molecule has 1 aliphatic carbocycles. The van der Waals surface area contributed by atoms with E-state index in [2.05, 4.69) is 4.89 Å². The van der Waals surface area contributed by atoms with Gasteiger partial charge in [-0.25, -0.2) is 4.79 Å². The summed E-state index contributed by atoms with van der Waals surface area (Å²) in [5, 5.41) is 8.10. The van der Waals surface area contributed by atoms with Gasteiger partial charge in [0.1, 0.15) is 0 Å². The van der Waals surface area contributed by atoms with Crippen LogP contribution < -0.4 is 0 Å². The monoisotopic (exact) mass is 255 g/mol. The lowest BCUT2D eigenvalue weighted by molar-refractivity contribution is -0.234. The van der Waals surface area contributed by atoms with Crippen LogP contribution in [0.25, 0.3) is 0 Å². The Morgan fingerprint density at radius 3 is 2.28 bits per heavy atom. The van der Waals surface area contributed by atoms with Crippen LogP contribution in [0.15, 0.2) is 0 Å². The summed E-state index contributed by atoms with van der Waals surface area (Å²) >= 11 is 0. The molecule has 6 heteroatoms. The van der Waals surface area contributed by atoms with E-state index in [1.54, 1.807) is 0 Å². The maximum absolute atomic E-state index is 12.0. The highest BCUT2D eigenvalue weighted by molar-refractivity contribution is 6.05. The summed E-state index contributed by atoms with van der Waals surface area (Å²) in [7, 11) is 0. The van der Waals surface area contributed by atoms with Gasteiger partial charge in [0, 0.05) is 6.54 Å². The summed E-state index contributed by atoms with van der Waals surface area (Å²) < 4.78 is 0. The number of fused-ring (bicyclic) bond motifs is 1. The van der Waals surface area contributed by atoms with E-state index >= 15 is 0 Å². The molecule has 1 saturated carbocycles. The lowest BCUT2D eigenvalue weighted by Crippen LogP contribution is -2.32. The number of carbonyl (C=O) groups excluding carboxylic acids is 3. The fraction of sp³-hybridized carbons (Fsp3) is 0.750. The van der Waals surface area contributed by atoms with Gasteiger partial charge in [0.15, 0.2) is 0 Å². The highest BCUT2D eigenvalue weighted by Gasteiger charge is 2.47. The van der Waals surface area contributed by atoms with E-state index in [0.29, 0.717) is 6.42 Å². The molecule has 1 saturated heterocycles. The van der Waals surface area contributed by atoms with Crippen molar-refractivity contribution in [1.29, 1.82) is 0 Å². The van der Waals surface area contributed by atoms with Gasteiger partial charge in [-0.05, 0) is 19.3 Å². The third-order valence-electron chi connectivity index (χ3n) is 3.80. The first-order valence-electron chi connectivity index (χ1n) is 6.34. The summed E-state index contributed by atoms with van der Waals surface area (Å²) in [6, 6.07) is 0. The minimum atomic E-state index is -0.744. The molecule has 18 heavy (non-hydrogen) atoms. The van der Waals surface area contributed by atoms with Gasteiger partial charge in [0.25, 0.3) is 0 Å². The zero-order chi connectivity index (χ0) is 13.1. The standard InChI is InChI=1S/C12H17NO5/c14-10(18-17)6-3-7-13-11(15)8-4-1-2-5-9(8)12(13)16/h8-9,17H,1-7H2/t8-,9+. The van der Waals surface area contributed by atoms with Crippen molar-refractivity contribution in [3.8, 4) is 0 Å². The van der Waals surface area contributed by atoms with Crippen LogP contribution in [0.2, 0.25) is 0 Å². The summed E-state index contributed by atoms with van der Waals surface area (Å²) in [6.45, 7) is 0.236. The summed E-state index contributed by atoms with van der Waals surface area (Å²) in [6.07, 6.45) is 3.93. The van der Waals surface area contributed by atoms with Crippen molar-refractivity contribution in [2.75, 3.05) is 6.54 Å². The van der Waals surface area contributed by atoms with Gasteiger partial charge in [-0.1, -0.05) is 12.8 Å². The Hall–Kier alpha value is -1.43. The van der Waals surface area contributed by atoms with Crippen molar-refractivity contribution in [3.05, 3.63) is 0 Å². The van der Waals surface area contributed by atoms with Crippen LogP contribution in [-0.4, -0.2) is 34.5 Å². The average Bonchev–Trinajstić information content (AvgIpc) is 2.64. The third-order valence-corrected chi connectivity index (χ3v) is 3.80. The molecule has 1 heterocycles. The Kier molecular flexibility index (Phi) is 3.96. The van der Waals surface area contributed by atoms with E-state index in [0.717, 1.165) is 25.7 Å². The first-order valence-corrected chi connectivity index (χ1v) is 6.34. The minimum absolute atomic E-state index is 0.00287. The number of carbonyl (C=O) groups is 3. The van der Waals surface area contributed by atoms with Crippen molar-refractivity contribution in [1.82, 2.24) is 4.90 Å². The lowest BCUT2D eigenvalue weighted by Gasteiger charge is -2.19. The zero-order valence-electron chi connectivity index (χ0n) is 10.1. The molecule has 0 unspecified atom stereocenters. The second kappa shape index (κ2) is 5.48. The first kappa shape index (κ1) is 13.0. The Morgan fingerprint density at radius 2 is 1.78 bits per heavy atom. The van der Waals surface area contributed by atoms with Crippen LogP contribution in [-0.2, 0) is 19.3 Å². The molecule has 0 bridgehead atoms. The fourth-order valence-electron chi connectivity index (χ4n) is 2.88. The average molecular weight is 255 g/mol. The van der Waals surface area contributed by atoms with E-state index in [4.69, 9.17) is 5.26 Å². The molecule has 0 spiro atoms. The number of amides is 2. The number of hydrogen-bond acceptors (Lipinski definition) is 5. The molecule has 1 N–H and O–H groups in total. The predicted octanol–water partition coefficient (Wildman–Crippen LogP) is 0.958. The van der Waals surface area contributed by atoms with Crippen LogP contribution >= 0.6 is 0 Å². The molecular weight excluding hydrogens is 238 g/mol. The molecule has 1 aliphatic heterocycles. The van der Waals surface area contributed by atoms with Crippen molar-refractivity contribution in [2.24, 2.45) is 11.8 Å². The number of rotatable bonds is 4. The lowest BCUT2D eigenvalue weighted by atomic mass is 9.81. The Morgan fingerprint density at radius 1 is 1.22 bits per heavy atom. The minimum Gasteiger partial charge on any atom is -0.301 e. The molecule has 2 amide bonds. The first-order chi connectivity index (χ1) is 8.65. The summed E-state index contributed by atoms with van der Waals surface area (Å²) in [5.74, 6) is -1.22. The molecule has 2 rings (SSSR count). The van der Waals surface area contributed by atoms with E-state index in [-0.39, 0.29) is 36.6 Å². The van der Waals surface area contributed by atoms with Crippen LogP contribution in [0.3, 0.4) is 0 Å². The SMILES string of the molecule is O=C(CCCN1C(=O)[C@H]2CCCC[C@H]2C1=O)OO. The number of imide groups is 1. The van der Waals surface area contributed by atoms with Gasteiger partial charge in [0.05, 0.1) is 18.3 Å². The predicted molar refractivity (Wildman–Crippen MR) is 60.1 cm³/mol. The molecule has 0 aromatic heterocycles. The summed E-state index contributed by atoms with van der Waals surface area (Å²) in [4.78, 5) is 39.6. The molecule has 2 fully saturated rings. The molecule has 2 aliphatic rings. The van der Waals surface area contributed by atoms with Gasteiger partial charge in [0.2, 0.25) is 11.8 Å². The normalized spacial score (nSPS) is 27.3. The summed E-state index contributed by atoms with van der Waals surface area (Å²) in [5.41, 5.74) is 0. The van der Waals surface area contributed by atoms with Gasteiger partial charge in [-0.3, -0.25) is 14.5 Å². The maximum atomic E-state index is 12.0. The number of nitrogens with zero attached hydrogens (tertiary/aromatic N) is 1. The fourth-order valence-corrected chi connectivity index (χ4v) is 2.88. The third kappa shape index (κ3) is 2.38. The van der Waals surface area contributed by atoms with E-state index in [9.17, 15) is 14.4 Å². The highest BCUT2D eigenvalue weighted by atomic mass is 17.1. The molecule has 0 aromatic carbocycles. The molecule has 6 nitrogen and oxygen atoms in total. The van der Waals surface area contributed by atoms with Crippen molar-refractivity contribution < 1.29 is 24.5 Å². The van der Waals surface area contributed by atoms with Gasteiger partial charge >= 0.3 is 5.97 Å². The van der Waals surface area contributed by atoms with E-state index < -0.39 is 5.97 Å². The van der Waals surface area contributed by atoms with Crippen molar-refractivity contribution in [3.63, 3.8) is 0 Å². The smallest absolute Gasteiger partial charge is 0.301 e. The van der Waals surface area contributed by atoms with Crippen molar-refractivity contribution in [2.45, 2.75) is 38.5 Å². The largest absolute Gasteiger partial charge is 0.342 e. The van der Waals surface area contributed by atoms with E-state index in [1.807, 2.05) is 0 Å². The molecule has 0 radical (unpaired) electrons. The molecule has 100 valence electrons. The Labute approximate surface area is 105 Å². The Bertz CT molecular complexity index is 343. The van der Waals surface area contributed by atoms with Gasteiger partial charge in [-0.2, -0.15) is 5.26 Å². The second-order valence-electron chi connectivity index (χ2n) is 4.89. The number of hydrogen-bond donors (Lipinski definition) is 1. The van der Waals surface area contributed by atoms with Crippen LogP contribution in [0.4, 0.5) is 0 Å².